The van der Waals surface area contributed by atoms with Gasteiger partial charge in [-0.1, -0.05) is 25.1 Å². The van der Waals surface area contributed by atoms with E-state index in [-0.39, 0.29) is 11.4 Å². The van der Waals surface area contributed by atoms with Crippen molar-refractivity contribution in [1.82, 2.24) is 29.1 Å². The molecule has 0 radical (unpaired) electrons. The first kappa shape index (κ1) is 22.6. The molecule has 184 valence electrons. The van der Waals surface area contributed by atoms with Crippen molar-refractivity contribution in [1.29, 1.82) is 0 Å². The number of benzene rings is 1. The fraction of sp³-hybridized carbons (Fsp3) is 0.280. The van der Waals surface area contributed by atoms with E-state index in [1.807, 2.05) is 37.3 Å². The molecule has 9 nitrogen and oxygen atoms in total. The second-order valence-electron chi connectivity index (χ2n) is 9.27. The second-order valence-corrected chi connectivity index (χ2v) is 10.6. The number of anilines is 1. The van der Waals surface area contributed by atoms with E-state index in [1.165, 1.54) is 27.7 Å². The van der Waals surface area contributed by atoms with Gasteiger partial charge in [0, 0.05) is 25.2 Å². The van der Waals surface area contributed by atoms with Gasteiger partial charge >= 0.3 is 0 Å². The summed E-state index contributed by atoms with van der Waals surface area (Å²) < 4.78 is 30.0. The van der Waals surface area contributed by atoms with Crippen molar-refractivity contribution < 1.29 is 8.60 Å². The molecule has 11 heteroatoms. The Morgan fingerprint density at radius 2 is 1.97 bits per heavy atom. The molecule has 4 aromatic heterocycles. The molecule has 36 heavy (non-hydrogen) atoms. The monoisotopic (exact) mass is 505 g/mol. The van der Waals surface area contributed by atoms with Crippen molar-refractivity contribution in [2.45, 2.75) is 30.7 Å². The summed E-state index contributed by atoms with van der Waals surface area (Å²) >= 11 is 0. The van der Waals surface area contributed by atoms with Crippen molar-refractivity contribution in [3.63, 3.8) is 0 Å². The van der Waals surface area contributed by atoms with Gasteiger partial charge in [0.2, 0.25) is 0 Å². The molecule has 3 atom stereocenters. The highest BCUT2D eigenvalue weighted by Crippen LogP contribution is 2.46. The third-order valence-electron chi connectivity index (χ3n) is 7.39. The Bertz CT molecular complexity index is 1710. The van der Waals surface area contributed by atoms with E-state index in [0.717, 1.165) is 6.42 Å². The number of hydrogen-bond donors (Lipinski definition) is 1. The van der Waals surface area contributed by atoms with Crippen LogP contribution in [0.2, 0.25) is 0 Å². The van der Waals surface area contributed by atoms with Crippen LogP contribution in [0.25, 0.3) is 22.2 Å². The van der Waals surface area contributed by atoms with Crippen LogP contribution in [0, 0.1) is 11.7 Å². The van der Waals surface area contributed by atoms with Gasteiger partial charge < -0.3 is 9.88 Å². The summed E-state index contributed by atoms with van der Waals surface area (Å²) in [6.45, 7) is 4.77. The normalized spacial score (nSPS) is 21.0. The van der Waals surface area contributed by atoms with Crippen LogP contribution in [0.5, 0.6) is 0 Å². The molecule has 5 heterocycles. The van der Waals surface area contributed by atoms with Gasteiger partial charge in [0.05, 0.1) is 26.8 Å². The third-order valence-corrected chi connectivity index (χ3v) is 8.33. The zero-order valence-corrected chi connectivity index (χ0v) is 20.8. The minimum Gasteiger partial charge on any atom is -0.345 e. The highest BCUT2D eigenvalue weighted by atomic mass is 32.2. The fourth-order valence-electron chi connectivity index (χ4n) is 5.29. The molecular weight excluding hydrogens is 481 g/mol. The number of rotatable bonds is 4. The third kappa shape index (κ3) is 3.08. The molecule has 6 rings (SSSR count). The number of nitrogens with zero attached hydrogens (tertiary/aromatic N) is 6. The molecule has 5 aromatic rings. The standard InChI is InChI=1S/C25H24FN7O2S/c1-15-9-11-31(22-19-18(36(3)35)13-27-21(19)28-14-29-22)25(15,2)24-30-32-12-10-17(26)20(32)23(34)33(24)16-7-5-4-6-8-16/h4-8,10,12-15H,9,11H2,1-3H3,(H,27,28,29)/t15?,25-,36?/m1/s1. The summed E-state index contributed by atoms with van der Waals surface area (Å²) in [5.74, 6) is 0.515. The maximum absolute atomic E-state index is 14.7. The number of halogens is 1. The molecular formula is C25H24FN7O2S. The molecule has 0 saturated carbocycles. The molecule has 1 aromatic carbocycles. The van der Waals surface area contributed by atoms with Crippen LogP contribution >= 0.6 is 0 Å². The Labute approximate surface area is 208 Å². The van der Waals surface area contributed by atoms with Crippen molar-refractivity contribution >= 4 is 33.2 Å². The zero-order valence-electron chi connectivity index (χ0n) is 20.0. The Morgan fingerprint density at radius 1 is 1.19 bits per heavy atom. The molecule has 1 saturated heterocycles. The lowest BCUT2D eigenvalue weighted by atomic mass is 9.86. The summed E-state index contributed by atoms with van der Waals surface area (Å²) in [5.41, 5.74) is -0.225. The van der Waals surface area contributed by atoms with Gasteiger partial charge in [-0.05, 0) is 37.5 Å². The van der Waals surface area contributed by atoms with E-state index in [1.54, 1.807) is 12.5 Å². The fourth-order valence-corrected chi connectivity index (χ4v) is 5.99. The number of fused-ring (bicyclic) bond motifs is 2. The number of para-hydroxylation sites is 1. The smallest absolute Gasteiger partial charge is 0.285 e. The van der Waals surface area contributed by atoms with E-state index in [2.05, 4.69) is 26.8 Å². The van der Waals surface area contributed by atoms with Crippen LogP contribution < -0.4 is 10.5 Å². The zero-order chi connectivity index (χ0) is 25.2. The van der Waals surface area contributed by atoms with Crippen molar-refractivity contribution in [2.75, 3.05) is 17.7 Å². The maximum Gasteiger partial charge on any atom is 0.285 e. The molecule has 0 spiro atoms. The first-order chi connectivity index (χ1) is 17.3. The largest absolute Gasteiger partial charge is 0.345 e. The molecule has 1 fully saturated rings. The van der Waals surface area contributed by atoms with Crippen LogP contribution in [0.15, 0.2) is 64.8 Å². The summed E-state index contributed by atoms with van der Waals surface area (Å²) in [5, 5.41) is 5.51. The number of H-pyrrole nitrogens is 1. The molecule has 1 N–H and O–H groups in total. The van der Waals surface area contributed by atoms with E-state index in [4.69, 9.17) is 5.10 Å². The Kier molecular flexibility index (Phi) is 5.08. The summed E-state index contributed by atoms with van der Waals surface area (Å²) in [4.78, 5) is 28.5. The highest BCUT2D eigenvalue weighted by molar-refractivity contribution is 7.84. The Balaban J connectivity index is 1.68. The van der Waals surface area contributed by atoms with Crippen LogP contribution in [-0.2, 0) is 16.3 Å². The average molecular weight is 506 g/mol. The summed E-state index contributed by atoms with van der Waals surface area (Å²) in [6.07, 6.45) is 7.06. The number of aromatic nitrogens is 6. The molecule has 0 amide bonds. The topological polar surface area (TPSA) is 101 Å². The van der Waals surface area contributed by atoms with E-state index in [9.17, 15) is 13.4 Å². The predicted octanol–water partition coefficient (Wildman–Crippen LogP) is 3.39. The van der Waals surface area contributed by atoms with Crippen LogP contribution in [0.3, 0.4) is 0 Å². The minimum absolute atomic E-state index is 0.0525. The van der Waals surface area contributed by atoms with Crippen molar-refractivity contribution in [2.24, 2.45) is 5.92 Å². The van der Waals surface area contributed by atoms with Crippen molar-refractivity contribution in [3.8, 4) is 5.69 Å². The van der Waals surface area contributed by atoms with E-state index in [0.29, 0.717) is 39.8 Å². The van der Waals surface area contributed by atoms with Gasteiger partial charge in [0.1, 0.15) is 23.3 Å². The van der Waals surface area contributed by atoms with Crippen LogP contribution in [0.1, 0.15) is 26.1 Å². The minimum atomic E-state index is -1.27. The lowest BCUT2D eigenvalue weighted by Crippen LogP contribution is -2.47. The SMILES string of the molecule is CC1CCN(c2ncnc3[nH]cc(S(C)=O)c23)[C@@]1(C)c1nn2ccc(F)c2c(=O)n1-c1ccccc1. The first-order valence-electron chi connectivity index (χ1n) is 11.6. The lowest BCUT2D eigenvalue weighted by Gasteiger charge is -2.39. The van der Waals surface area contributed by atoms with E-state index < -0.39 is 27.7 Å². The molecule has 0 bridgehead atoms. The molecule has 0 aliphatic carbocycles. The highest BCUT2D eigenvalue weighted by Gasteiger charge is 2.49. The number of hydrogen-bond acceptors (Lipinski definition) is 6. The average Bonchev–Trinajstić information content (AvgIpc) is 3.56. The van der Waals surface area contributed by atoms with Crippen LogP contribution in [0.4, 0.5) is 10.2 Å². The summed E-state index contributed by atoms with van der Waals surface area (Å²) in [6, 6.07) is 10.4. The van der Waals surface area contributed by atoms with Gasteiger partial charge in [0.15, 0.2) is 17.2 Å². The van der Waals surface area contributed by atoms with Gasteiger partial charge in [-0.3, -0.25) is 13.6 Å². The molecule has 1 aliphatic rings. The first-order valence-corrected chi connectivity index (χ1v) is 13.2. The second kappa shape index (κ2) is 8.09. The van der Waals surface area contributed by atoms with Gasteiger partial charge in [-0.25, -0.2) is 18.9 Å². The molecule has 2 unspecified atom stereocenters. The summed E-state index contributed by atoms with van der Waals surface area (Å²) in [7, 11) is -1.27. The number of aromatic amines is 1. The molecule has 1 aliphatic heterocycles. The van der Waals surface area contributed by atoms with Gasteiger partial charge in [-0.15, -0.1) is 0 Å². The lowest BCUT2D eigenvalue weighted by molar-refractivity contribution is 0.335. The van der Waals surface area contributed by atoms with Gasteiger partial charge in [0.25, 0.3) is 5.56 Å². The predicted molar refractivity (Wildman–Crippen MR) is 135 cm³/mol. The quantitative estimate of drug-likeness (QED) is 0.402. The van der Waals surface area contributed by atoms with Crippen molar-refractivity contribution in [3.05, 3.63) is 77.1 Å². The Hall–Kier alpha value is -3.86. The van der Waals surface area contributed by atoms with Crippen LogP contribution in [-0.4, -0.2) is 46.1 Å². The number of nitrogens with one attached hydrogen (secondary N) is 1. The maximum atomic E-state index is 14.7. The van der Waals surface area contributed by atoms with E-state index >= 15 is 0 Å². The Morgan fingerprint density at radius 3 is 2.72 bits per heavy atom. The van der Waals surface area contributed by atoms with Gasteiger partial charge in [-0.2, -0.15) is 5.10 Å².